The zero-order valence-corrected chi connectivity index (χ0v) is 9.25. The Hall–Kier alpha value is -0.610. The average molecular weight is 213 g/mol. The second kappa shape index (κ2) is 4.49. The number of nitrogens with one attached hydrogen (secondary N) is 1. The molecule has 4 heteroatoms. The van der Waals surface area contributed by atoms with Crippen LogP contribution < -0.4 is 5.32 Å². The number of carbonyl (C=O) groups is 1. The lowest BCUT2D eigenvalue weighted by atomic mass is 9.77. The minimum Gasteiger partial charge on any atom is -0.463 e. The molecule has 1 N–H and O–H groups in total. The summed E-state index contributed by atoms with van der Waals surface area (Å²) in [6.07, 6.45) is 3.53. The van der Waals surface area contributed by atoms with Crippen molar-refractivity contribution in [1.82, 2.24) is 5.32 Å². The molecule has 4 nitrogen and oxygen atoms in total. The maximum Gasteiger partial charge on any atom is 0.302 e. The average Bonchev–Trinajstić information content (AvgIpc) is 2.60. The van der Waals surface area contributed by atoms with Gasteiger partial charge in [0, 0.05) is 6.92 Å². The highest BCUT2D eigenvalue weighted by molar-refractivity contribution is 5.65. The maximum atomic E-state index is 10.7. The van der Waals surface area contributed by atoms with Crippen LogP contribution in [0.15, 0.2) is 0 Å². The first-order chi connectivity index (χ1) is 7.20. The van der Waals surface area contributed by atoms with Crippen LogP contribution in [0.3, 0.4) is 0 Å². The highest BCUT2D eigenvalue weighted by Gasteiger charge is 2.41. The van der Waals surface area contributed by atoms with Crippen LogP contribution in [0, 0.1) is 5.41 Å². The van der Waals surface area contributed by atoms with Crippen molar-refractivity contribution < 1.29 is 14.3 Å². The number of hydrogen-bond acceptors (Lipinski definition) is 4. The molecule has 2 fully saturated rings. The molecule has 0 aromatic heterocycles. The van der Waals surface area contributed by atoms with E-state index in [1.54, 1.807) is 0 Å². The number of rotatable bonds is 2. The van der Waals surface area contributed by atoms with Crippen LogP contribution in [0.25, 0.3) is 0 Å². The summed E-state index contributed by atoms with van der Waals surface area (Å²) >= 11 is 0. The lowest BCUT2D eigenvalue weighted by molar-refractivity contribution is -0.144. The van der Waals surface area contributed by atoms with Crippen molar-refractivity contribution in [3.8, 4) is 0 Å². The van der Waals surface area contributed by atoms with Gasteiger partial charge in [0.2, 0.25) is 0 Å². The summed E-state index contributed by atoms with van der Waals surface area (Å²) in [5.74, 6) is -0.218. The van der Waals surface area contributed by atoms with Gasteiger partial charge in [-0.05, 0) is 37.8 Å². The first kappa shape index (κ1) is 10.9. The molecule has 2 heterocycles. The van der Waals surface area contributed by atoms with Gasteiger partial charge in [0.1, 0.15) is 6.61 Å². The van der Waals surface area contributed by atoms with Crippen LogP contribution in [-0.2, 0) is 14.3 Å². The van der Waals surface area contributed by atoms with Gasteiger partial charge in [-0.15, -0.1) is 0 Å². The van der Waals surface area contributed by atoms with Gasteiger partial charge in [-0.2, -0.15) is 0 Å². The molecule has 2 aliphatic heterocycles. The molecule has 0 bridgehead atoms. The maximum absolute atomic E-state index is 10.7. The fourth-order valence-electron chi connectivity index (χ4n) is 2.52. The summed E-state index contributed by atoms with van der Waals surface area (Å²) in [4.78, 5) is 10.7. The minimum absolute atomic E-state index is 0.118. The normalized spacial score (nSPS) is 29.3. The zero-order chi connectivity index (χ0) is 10.7. The van der Waals surface area contributed by atoms with Gasteiger partial charge < -0.3 is 14.8 Å². The highest BCUT2D eigenvalue weighted by Crippen LogP contribution is 2.40. The molecule has 2 aliphatic rings. The molecule has 1 spiro atoms. The van der Waals surface area contributed by atoms with Crippen LogP contribution >= 0.6 is 0 Å². The van der Waals surface area contributed by atoms with E-state index < -0.39 is 0 Å². The van der Waals surface area contributed by atoms with Crippen LogP contribution in [0.2, 0.25) is 0 Å². The molecule has 0 amide bonds. The Bertz CT molecular complexity index is 236. The van der Waals surface area contributed by atoms with E-state index in [2.05, 4.69) is 5.32 Å². The van der Waals surface area contributed by atoms with Gasteiger partial charge in [0.05, 0.1) is 12.7 Å². The van der Waals surface area contributed by atoms with E-state index in [1.165, 1.54) is 19.8 Å². The summed E-state index contributed by atoms with van der Waals surface area (Å²) in [5.41, 5.74) is 0.357. The summed E-state index contributed by atoms with van der Waals surface area (Å²) in [5, 5.41) is 3.36. The van der Waals surface area contributed by atoms with E-state index in [9.17, 15) is 4.79 Å². The number of ether oxygens (including phenoxy) is 2. The summed E-state index contributed by atoms with van der Waals surface area (Å²) in [6.45, 7) is 4.87. The Morgan fingerprint density at radius 2 is 2.27 bits per heavy atom. The Morgan fingerprint density at radius 3 is 2.93 bits per heavy atom. The minimum atomic E-state index is -0.218. The smallest absolute Gasteiger partial charge is 0.302 e. The molecule has 0 radical (unpaired) electrons. The van der Waals surface area contributed by atoms with Crippen molar-refractivity contribution >= 4 is 5.97 Å². The number of piperidine rings is 1. The van der Waals surface area contributed by atoms with E-state index in [0.717, 1.165) is 26.1 Å². The highest BCUT2D eigenvalue weighted by atomic mass is 16.6. The van der Waals surface area contributed by atoms with Crippen LogP contribution in [0.4, 0.5) is 0 Å². The Kier molecular flexibility index (Phi) is 3.26. The molecule has 1 atom stereocenters. The van der Waals surface area contributed by atoms with Crippen LogP contribution in [-0.4, -0.2) is 38.4 Å². The largest absolute Gasteiger partial charge is 0.463 e. The predicted molar refractivity (Wildman–Crippen MR) is 55.5 cm³/mol. The van der Waals surface area contributed by atoms with Gasteiger partial charge >= 0.3 is 5.97 Å². The molecule has 0 saturated carbocycles. The van der Waals surface area contributed by atoms with Crippen molar-refractivity contribution in [1.29, 1.82) is 0 Å². The fourth-order valence-corrected chi connectivity index (χ4v) is 2.52. The summed E-state index contributed by atoms with van der Waals surface area (Å²) < 4.78 is 10.7. The molecule has 0 aliphatic carbocycles. The lowest BCUT2D eigenvalue weighted by Crippen LogP contribution is -2.37. The van der Waals surface area contributed by atoms with E-state index in [0.29, 0.717) is 12.0 Å². The molecule has 15 heavy (non-hydrogen) atoms. The topological polar surface area (TPSA) is 47.6 Å². The van der Waals surface area contributed by atoms with Gasteiger partial charge in [-0.3, -0.25) is 4.79 Å². The van der Waals surface area contributed by atoms with E-state index in [4.69, 9.17) is 9.47 Å². The standard InChI is InChI=1S/C11H19NO3/c1-9(13)14-7-10-6-11(8-15-10)2-4-12-5-3-11/h10,12H,2-8H2,1H3. The first-order valence-electron chi connectivity index (χ1n) is 5.66. The Balaban J connectivity index is 1.80. The third-order valence-corrected chi connectivity index (χ3v) is 3.42. The van der Waals surface area contributed by atoms with E-state index >= 15 is 0 Å². The molecule has 0 aromatic rings. The van der Waals surface area contributed by atoms with Crippen molar-refractivity contribution in [2.75, 3.05) is 26.3 Å². The SMILES string of the molecule is CC(=O)OCC1CC2(CCNCC2)CO1. The fraction of sp³-hybridized carbons (Fsp3) is 0.909. The third kappa shape index (κ3) is 2.69. The number of carbonyl (C=O) groups excluding carboxylic acids is 1. The van der Waals surface area contributed by atoms with Gasteiger partial charge in [0.15, 0.2) is 0 Å². The van der Waals surface area contributed by atoms with E-state index in [-0.39, 0.29) is 12.1 Å². The molecule has 2 rings (SSSR count). The van der Waals surface area contributed by atoms with Crippen LogP contribution in [0.5, 0.6) is 0 Å². The summed E-state index contributed by atoms with van der Waals surface area (Å²) in [6, 6.07) is 0. The quantitative estimate of drug-likeness (QED) is 0.686. The van der Waals surface area contributed by atoms with Crippen molar-refractivity contribution in [2.45, 2.75) is 32.3 Å². The second-order valence-electron chi connectivity index (χ2n) is 4.69. The molecule has 0 aromatic carbocycles. The monoisotopic (exact) mass is 213 g/mol. The van der Waals surface area contributed by atoms with E-state index in [1.807, 2.05) is 0 Å². The third-order valence-electron chi connectivity index (χ3n) is 3.42. The number of esters is 1. The molecular formula is C11H19NO3. The zero-order valence-electron chi connectivity index (χ0n) is 9.25. The Morgan fingerprint density at radius 1 is 1.53 bits per heavy atom. The summed E-state index contributed by atoms with van der Waals surface area (Å²) in [7, 11) is 0. The molecule has 2 saturated heterocycles. The molecule has 1 unspecified atom stereocenters. The predicted octanol–water partition coefficient (Wildman–Crippen LogP) is 0.708. The van der Waals surface area contributed by atoms with Gasteiger partial charge in [-0.25, -0.2) is 0 Å². The van der Waals surface area contributed by atoms with Crippen LogP contribution in [0.1, 0.15) is 26.2 Å². The number of hydrogen-bond donors (Lipinski definition) is 1. The van der Waals surface area contributed by atoms with Crippen molar-refractivity contribution in [3.63, 3.8) is 0 Å². The van der Waals surface area contributed by atoms with Gasteiger partial charge in [0.25, 0.3) is 0 Å². The first-order valence-corrected chi connectivity index (χ1v) is 5.66. The molecular weight excluding hydrogens is 194 g/mol. The second-order valence-corrected chi connectivity index (χ2v) is 4.69. The lowest BCUT2D eigenvalue weighted by Gasteiger charge is -2.32. The molecule has 86 valence electrons. The van der Waals surface area contributed by atoms with Crippen molar-refractivity contribution in [3.05, 3.63) is 0 Å². The Labute approximate surface area is 90.3 Å². The van der Waals surface area contributed by atoms with Gasteiger partial charge in [-0.1, -0.05) is 0 Å². The van der Waals surface area contributed by atoms with Crippen molar-refractivity contribution in [2.24, 2.45) is 5.41 Å².